The predicted molar refractivity (Wildman–Crippen MR) is 265 cm³/mol. The number of aliphatic hydroxyl groups excluding tert-OH is 8. The molecule has 10 rings (SSSR count). The van der Waals surface area contributed by atoms with Gasteiger partial charge in [-0.3, -0.25) is 4.79 Å². The van der Waals surface area contributed by atoms with Gasteiger partial charge < -0.3 is 103 Å². The molecule has 0 aromatic heterocycles. The lowest BCUT2D eigenvalue weighted by atomic mass is 9.42. The number of carbonyl (C=O) groups excluding carboxylic acids is 2. The first kappa shape index (κ1) is 59.1. The maximum absolute atomic E-state index is 12.7. The maximum Gasteiger partial charge on any atom is 0.331 e. The van der Waals surface area contributed by atoms with Crippen LogP contribution in [0.5, 0.6) is 0 Å². The van der Waals surface area contributed by atoms with E-state index in [1.54, 1.807) is 26.8 Å². The van der Waals surface area contributed by atoms with Crippen molar-refractivity contribution >= 4 is 11.9 Å². The van der Waals surface area contributed by atoms with E-state index in [1.807, 2.05) is 13.8 Å². The Balaban J connectivity index is 0.671. The molecule has 444 valence electrons. The molecule has 0 spiro atoms. The first-order chi connectivity index (χ1) is 36.9. The van der Waals surface area contributed by atoms with Gasteiger partial charge in [0.2, 0.25) is 0 Å². The number of esters is 2. The number of rotatable bonds is 13. The minimum absolute atomic E-state index is 0.00954. The van der Waals surface area contributed by atoms with Gasteiger partial charge >= 0.3 is 11.9 Å². The highest BCUT2D eigenvalue weighted by Crippen LogP contribution is 2.70. The van der Waals surface area contributed by atoms with Crippen molar-refractivity contribution in [1.82, 2.24) is 0 Å². The Labute approximate surface area is 455 Å². The lowest BCUT2D eigenvalue weighted by molar-refractivity contribution is -0.357. The quantitative estimate of drug-likeness (QED) is 0.0895. The second kappa shape index (κ2) is 23.2. The van der Waals surface area contributed by atoms with Crippen molar-refractivity contribution in [1.29, 1.82) is 0 Å². The molecule has 10 aliphatic rings. The van der Waals surface area contributed by atoms with Crippen LogP contribution < -0.4 is 0 Å². The second-order valence-electron chi connectivity index (χ2n) is 24.9. The van der Waals surface area contributed by atoms with Gasteiger partial charge in [-0.15, -0.1) is 0 Å². The molecule has 0 aromatic carbocycles. The third-order valence-electron chi connectivity index (χ3n) is 20.3. The van der Waals surface area contributed by atoms with Crippen molar-refractivity contribution in [2.75, 3.05) is 13.2 Å². The lowest BCUT2D eigenvalue weighted by Crippen LogP contribution is -2.67. The molecule has 23 heteroatoms. The molecule has 9 N–H and O–H groups in total. The van der Waals surface area contributed by atoms with Crippen molar-refractivity contribution in [2.24, 2.45) is 34.5 Å². The van der Waals surface area contributed by atoms with Crippen LogP contribution in [-0.2, 0) is 66.4 Å². The smallest absolute Gasteiger partial charge is 0.331 e. The van der Waals surface area contributed by atoms with Gasteiger partial charge in [-0.25, -0.2) is 4.79 Å². The summed E-state index contributed by atoms with van der Waals surface area (Å²) in [6.45, 7) is 12.0. The molecule has 9 fully saturated rings. The zero-order valence-corrected chi connectivity index (χ0v) is 45.8. The Kier molecular flexibility index (Phi) is 17.6. The number of aliphatic hydroxyl groups is 9. The van der Waals surface area contributed by atoms with E-state index in [0.29, 0.717) is 25.2 Å². The molecule has 0 radical (unpaired) electrons. The summed E-state index contributed by atoms with van der Waals surface area (Å²) in [7, 11) is 0. The number of carbonyl (C=O) groups is 2. The van der Waals surface area contributed by atoms with Crippen molar-refractivity contribution in [3.05, 3.63) is 11.6 Å². The van der Waals surface area contributed by atoms with Gasteiger partial charge in [0.15, 0.2) is 31.5 Å². The van der Waals surface area contributed by atoms with Crippen LogP contribution >= 0.6 is 0 Å². The molecule has 6 aliphatic heterocycles. The largest absolute Gasteiger partial charge is 0.459 e. The standard InChI is InChI=1S/C55H86O23/c1-23-48(34(58)17-41(68-23)73-30-10-12-53(6)29(15-30)8-9-32-33(53)16-39(61)54(7)31(11-13-55(32,54)66)28-14-40(62)67-22-28)75-42-18-35(59)49(24(2)69-42)76-43-19-36(60)50(25(3)70-43)77-44-20-37(72-27(5)57)51(26(4)71-44)78-52-47(65)46(64)45(63)38(21-56)74-52/h14,23-26,29-39,41-52,56,58-61,63-66H,8-13,15-22H2,1-7H3. The van der Waals surface area contributed by atoms with Gasteiger partial charge in [0.05, 0.1) is 67.1 Å². The third-order valence-corrected chi connectivity index (χ3v) is 20.3. The van der Waals surface area contributed by atoms with Crippen molar-refractivity contribution in [3.8, 4) is 0 Å². The van der Waals surface area contributed by atoms with E-state index in [1.165, 1.54) is 6.92 Å². The molecule has 6 heterocycles. The van der Waals surface area contributed by atoms with Gasteiger partial charge in [0.1, 0.15) is 61.5 Å². The Morgan fingerprint density at radius 3 is 1.71 bits per heavy atom. The lowest BCUT2D eigenvalue weighted by Gasteiger charge is -2.65. The van der Waals surface area contributed by atoms with Crippen LogP contribution in [0.2, 0.25) is 0 Å². The summed E-state index contributed by atoms with van der Waals surface area (Å²) in [5.41, 5.74) is -1.03. The van der Waals surface area contributed by atoms with Crippen LogP contribution in [0.15, 0.2) is 11.6 Å². The topological polar surface area (TPSA) is 327 Å². The number of fused-ring (bicyclic) bond motifs is 5. The predicted octanol–water partition coefficient (Wildman–Crippen LogP) is 0.494. The van der Waals surface area contributed by atoms with E-state index >= 15 is 0 Å². The fourth-order valence-corrected chi connectivity index (χ4v) is 16.1. The Morgan fingerprint density at radius 2 is 1.18 bits per heavy atom. The molecule has 23 nitrogen and oxygen atoms in total. The molecule has 78 heavy (non-hydrogen) atoms. The summed E-state index contributed by atoms with van der Waals surface area (Å²) >= 11 is 0. The van der Waals surface area contributed by atoms with Crippen LogP contribution in [0.3, 0.4) is 0 Å². The second-order valence-corrected chi connectivity index (χ2v) is 24.9. The highest BCUT2D eigenvalue weighted by atomic mass is 16.8. The first-order valence-corrected chi connectivity index (χ1v) is 28.6. The number of hydrogen-bond acceptors (Lipinski definition) is 23. The van der Waals surface area contributed by atoms with E-state index in [4.69, 9.17) is 56.8 Å². The van der Waals surface area contributed by atoms with Crippen LogP contribution in [0, 0.1) is 34.5 Å². The number of ether oxygens (including phenoxy) is 12. The summed E-state index contributed by atoms with van der Waals surface area (Å²) in [5.74, 6) is -0.609. The molecular formula is C55H86O23. The monoisotopic (exact) mass is 1110 g/mol. The molecule has 0 aromatic rings. The zero-order valence-electron chi connectivity index (χ0n) is 45.8. The summed E-state index contributed by atoms with van der Waals surface area (Å²) in [6, 6.07) is 0. The van der Waals surface area contributed by atoms with Crippen molar-refractivity contribution in [3.63, 3.8) is 0 Å². The molecular weight excluding hydrogens is 1030 g/mol. The molecule has 30 unspecified atom stereocenters. The fourth-order valence-electron chi connectivity index (χ4n) is 16.1. The normalized spacial score (nSPS) is 53.6. The molecule has 0 bridgehead atoms. The zero-order chi connectivity index (χ0) is 55.9. The van der Waals surface area contributed by atoms with Crippen LogP contribution in [0.4, 0.5) is 0 Å². The maximum atomic E-state index is 12.7. The number of cyclic esters (lactones) is 1. The van der Waals surface area contributed by atoms with Gasteiger partial charge in [-0.1, -0.05) is 13.8 Å². The van der Waals surface area contributed by atoms with Gasteiger partial charge in [0.25, 0.3) is 0 Å². The summed E-state index contributed by atoms with van der Waals surface area (Å²) in [4.78, 5) is 24.2. The summed E-state index contributed by atoms with van der Waals surface area (Å²) < 4.78 is 72.6. The minimum Gasteiger partial charge on any atom is -0.459 e. The van der Waals surface area contributed by atoms with E-state index in [-0.39, 0.29) is 67.5 Å². The van der Waals surface area contributed by atoms with Gasteiger partial charge in [-0.2, -0.15) is 0 Å². The van der Waals surface area contributed by atoms with Crippen LogP contribution in [-0.4, -0.2) is 218 Å². The summed E-state index contributed by atoms with van der Waals surface area (Å²) in [5, 5.41) is 99.7. The molecule has 0 amide bonds. The van der Waals surface area contributed by atoms with Crippen molar-refractivity contribution < 1.29 is 112 Å². The van der Waals surface area contributed by atoms with E-state index in [2.05, 4.69) is 6.92 Å². The SMILES string of the molecule is CC(=O)OC1CC(OC2C(O)CC(OC3C(O)CC(OC4C(O)CC(OC5CCC6(C)C(CCC7C6CC(O)C6(C)C(C8=CC(=O)OC8)CCC76O)C5)OC4C)OC3C)OC2C)OC(C)C1OC1OC(CO)C(O)C(O)C1O. The Hall–Kier alpha value is -2.08. The van der Waals surface area contributed by atoms with E-state index in [0.717, 1.165) is 37.7 Å². The first-order valence-electron chi connectivity index (χ1n) is 28.6. The molecule has 4 aliphatic carbocycles. The van der Waals surface area contributed by atoms with E-state index in [9.17, 15) is 55.5 Å². The van der Waals surface area contributed by atoms with E-state index < -0.39 is 159 Å². The average Bonchev–Trinajstić information content (AvgIpc) is 4.06. The van der Waals surface area contributed by atoms with Crippen LogP contribution in [0.25, 0.3) is 0 Å². The third kappa shape index (κ3) is 11.0. The highest BCUT2D eigenvalue weighted by Gasteiger charge is 2.71. The Morgan fingerprint density at radius 1 is 0.628 bits per heavy atom. The highest BCUT2D eigenvalue weighted by molar-refractivity contribution is 5.85. The Bertz CT molecular complexity index is 2100. The van der Waals surface area contributed by atoms with Crippen LogP contribution in [0.1, 0.15) is 126 Å². The molecule has 30 atom stereocenters. The van der Waals surface area contributed by atoms with Gasteiger partial charge in [-0.05, 0) is 114 Å². The average molecular weight is 1120 g/mol. The molecule has 4 saturated carbocycles. The fraction of sp³-hybridized carbons (Fsp3) is 0.927. The number of hydrogen-bond donors (Lipinski definition) is 9. The summed E-state index contributed by atoms with van der Waals surface area (Å²) in [6.07, 6.45) is -15.0. The van der Waals surface area contributed by atoms with Gasteiger partial charge in [0, 0.05) is 44.1 Å². The van der Waals surface area contributed by atoms with Crippen molar-refractivity contribution in [2.45, 2.75) is 272 Å². The molecule has 5 saturated heterocycles. The minimum atomic E-state index is -1.70.